The molecular formula is C29H22N2O6. The third-order valence-corrected chi connectivity index (χ3v) is 6.34. The summed E-state index contributed by atoms with van der Waals surface area (Å²) in [6, 6.07) is 18.9. The molecular weight excluding hydrogens is 472 g/mol. The number of ketones is 1. The van der Waals surface area contributed by atoms with Crippen LogP contribution in [-0.4, -0.2) is 29.4 Å². The monoisotopic (exact) mass is 494 g/mol. The summed E-state index contributed by atoms with van der Waals surface area (Å²) in [7, 11) is 0. The summed E-state index contributed by atoms with van der Waals surface area (Å²) < 4.78 is 10.9. The smallest absolute Gasteiger partial charge is 0.308 e. The second kappa shape index (κ2) is 9.63. The Morgan fingerprint density at radius 3 is 2.62 bits per heavy atom. The van der Waals surface area contributed by atoms with E-state index < -0.39 is 23.7 Å². The molecule has 37 heavy (non-hydrogen) atoms. The maximum atomic E-state index is 13.4. The van der Waals surface area contributed by atoms with Crippen molar-refractivity contribution in [2.45, 2.75) is 25.8 Å². The van der Waals surface area contributed by atoms with Gasteiger partial charge in [0.15, 0.2) is 0 Å². The zero-order chi connectivity index (χ0) is 26.1. The summed E-state index contributed by atoms with van der Waals surface area (Å²) in [6.07, 6.45) is 1.60. The standard InChI is InChI=1S/C29H22N2O6/c1-17(32)37-23-6-2-4-20(15-23)26-25(27(33)21-9-12-24-19(14-21)5-3-13-36-24)28(34)29(35)31(26)22-10-7-18(16-30)8-11-22/h2,4,6-12,14-15,26,33H,3,5,13H2,1H3/b27-25-. The van der Waals surface area contributed by atoms with E-state index in [1.165, 1.54) is 11.8 Å². The predicted octanol–water partition coefficient (Wildman–Crippen LogP) is 4.43. The molecule has 8 heteroatoms. The fourth-order valence-corrected chi connectivity index (χ4v) is 4.69. The number of fused-ring (bicyclic) bond motifs is 1. The normalized spacial score (nSPS) is 18.1. The van der Waals surface area contributed by atoms with Gasteiger partial charge in [-0.05, 0) is 78.6 Å². The molecule has 1 N–H and O–H groups in total. The van der Waals surface area contributed by atoms with Gasteiger partial charge in [-0.2, -0.15) is 5.26 Å². The first-order valence-corrected chi connectivity index (χ1v) is 11.7. The van der Waals surface area contributed by atoms with Crippen LogP contribution in [0.1, 0.15) is 41.6 Å². The number of rotatable bonds is 4. The van der Waals surface area contributed by atoms with E-state index in [1.54, 1.807) is 66.7 Å². The Labute approximate surface area is 213 Å². The van der Waals surface area contributed by atoms with Crippen LogP contribution in [0.3, 0.4) is 0 Å². The quantitative estimate of drug-likeness (QED) is 0.187. The Morgan fingerprint density at radius 2 is 1.89 bits per heavy atom. The van der Waals surface area contributed by atoms with Crippen LogP contribution < -0.4 is 14.4 Å². The van der Waals surface area contributed by atoms with E-state index in [-0.39, 0.29) is 17.1 Å². The first-order valence-electron chi connectivity index (χ1n) is 11.7. The molecule has 1 fully saturated rings. The Kier molecular flexibility index (Phi) is 6.20. The lowest BCUT2D eigenvalue weighted by molar-refractivity contribution is -0.132. The summed E-state index contributed by atoms with van der Waals surface area (Å²) in [6.45, 7) is 1.89. The minimum atomic E-state index is -1.00. The zero-order valence-corrected chi connectivity index (χ0v) is 19.9. The number of benzene rings is 3. The molecule has 3 aromatic rings. The average molecular weight is 495 g/mol. The van der Waals surface area contributed by atoms with Gasteiger partial charge >= 0.3 is 5.97 Å². The molecule has 3 aromatic carbocycles. The van der Waals surface area contributed by atoms with Gasteiger partial charge in [-0.3, -0.25) is 19.3 Å². The molecule has 0 aliphatic carbocycles. The van der Waals surface area contributed by atoms with E-state index in [2.05, 4.69) is 0 Å². The van der Waals surface area contributed by atoms with Crippen LogP contribution >= 0.6 is 0 Å². The third kappa shape index (κ3) is 4.43. The number of hydrogen-bond donors (Lipinski definition) is 1. The lowest BCUT2D eigenvalue weighted by atomic mass is 9.93. The summed E-state index contributed by atoms with van der Waals surface area (Å²) in [5, 5.41) is 20.6. The fraction of sp³-hybridized carbons (Fsp3) is 0.172. The van der Waals surface area contributed by atoms with Crippen molar-refractivity contribution in [2.75, 3.05) is 11.5 Å². The topological polar surface area (TPSA) is 117 Å². The molecule has 2 heterocycles. The zero-order valence-electron chi connectivity index (χ0n) is 19.9. The highest BCUT2D eigenvalue weighted by molar-refractivity contribution is 6.51. The number of aryl methyl sites for hydroxylation is 1. The van der Waals surface area contributed by atoms with Crippen LogP contribution in [0.25, 0.3) is 5.76 Å². The number of aliphatic hydroxyl groups is 1. The fourth-order valence-electron chi connectivity index (χ4n) is 4.69. The maximum Gasteiger partial charge on any atom is 0.308 e. The van der Waals surface area contributed by atoms with E-state index in [0.717, 1.165) is 24.2 Å². The molecule has 5 rings (SSSR count). The summed E-state index contributed by atoms with van der Waals surface area (Å²) in [5.74, 6) is -1.54. The Morgan fingerprint density at radius 1 is 1.11 bits per heavy atom. The largest absolute Gasteiger partial charge is 0.507 e. The number of amides is 1. The van der Waals surface area contributed by atoms with E-state index in [1.807, 2.05) is 6.07 Å². The summed E-state index contributed by atoms with van der Waals surface area (Å²) >= 11 is 0. The van der Waals surface area contributed by atoms with Crippen molar-refractivity contribution >= 4 is 29.1 Å². The molecule has 0 aromatic heterocycles. The van der Waals surface area contributed by atoms with Crippen LogP contribution in [0, 0.1) is 11.3 Å². The minimum absolute atomic E-state index is 0.0917. The number of hydrogen-bond acceptors (Lipinski definition) is 7. The Bertz CT molecular complexity index is 1500. The Balaban J connectivity index is 1.69. The molecule has 1 unspecified atom stereocenters. The summed E-state index contributed by atoms with van der Waals surface area (Å²) in [4.78, 5) is 39.6. The highest BCUT2D eigenvalue weighted by Gasteiger charge is 2.47. The van der Waals surface area contributed by atoms with Crippen molar-refractivity contribution in [1.82, 2.24) is 0 Å². The first-order chi connectivity index (χ1) is 17.9. The van der Waals surface area contributed by atoms with Crippen molar-refractivity contribution in [1.29, 1.82) is 5.26 Å². The molecule has 0 radical (unpaired) electrons. The van der Waals surface area contributed by atoms with Gasteiger partial charge < -0.3 is 14.6 Å². The molecule has 0 saturated carbocycles. The number of Topliss-reactive ketones (excluding diaryl/α,β-unsaturated/α-hetero) is 1. The van der Waals surface area contributed by atoms with E-state index in [9.17, 15) is 19.5 Å². The van der Waals surface area contributed by atoms with Gasteiger partial charge in [0.1, 0.15) is 17.3 Å². The molecule has 2 aliphatic rings. The van der Waals surface area contributed by atoms with Crippen LogP contribution in [0.4, 0.5) is 5.69 Å². The van der Waals surface area contributed by atoms with E-state index in [4.69, 9.17) is 14.7 Å². The van der Waals surface area contributed by atoms with Gasteiger partial charge in [-0.15, -0.1) is 0 Å². The molecule has 1 saturated heterocycles. The number of esters is 1. The van der Waals surface area contributed by atoms with Gasteiger partial charge in [-0.25, -0.2) is 0 Å². The number of carbonyl (C=O) groups excluding carboxylic acids is 3. The van der Waals surface area contributed by atoms with Gasteiger partial charge in [0.25, 0.3) is 11.7 Å². The van der Waals surface area contributed by atoms with Gasteiger partial charge in [0.05, 0.1) is 29.9 Å². The maximum absolute atomic E-state index is 13.4. The Hall–Kier alpha value is -4.90. The van der Waals surface area contributed by atoms with Gasteiger partial charge in [-0.1, -0.05) is 12.1 Å². The number of nitriles is 1. The number of carbonyl (C=O) groups is 3. The number of nitrogens with zero attached hydrogens (tertiary/aromatic N) is 2. The highest BCUT2D eigenvalue weighted by atomic mass is 16.5. The van der Waals surface area contributed by atoms with Crippen LogP contribution in [-0.2, 0) is 20.8 Å². The SMILES string of the molecule is CC(=O)Oc1cccc(C2/C(=C(/O)c3ccc4c(c3)CCCO4)C(=O)C(=O)N2c2ccc(C#N)cc2)c1. The lowest BCUT2D eigenvalue weighted by Crippen LogP contribution is -2.29. The van der Waals surface area contributed by atoms with Crippen LogP contribution in [0.2, 0.25) is 0 Å². The highest BCUT2D eigenvalue weighted by Crippen LogP contribution is 2.43. The second-order valence-corrected chi connectivity index (χ2v) is 8.77. The number of aliphatic hydroxyl groups excluding tert-OH is 1. The molecule has 1 amide bonds. The van der Waals surface area contributed by atoms with Crippen LogP contribution in [0.15, 0.2) is 72.3 Å². The van der Waals surface area contributed by atoms with E-state index >= 15 is 0 Å². The number of anilines is 1. The molecule has 0 bridgehead atoms. The molecule has 2 aliphatic heterocycles. The number of ether oxygens (including phenoxy) is 2. The lowest BCUT2D eigenvalue weighted by Gasteiger charge is -2.26. The third-order valence-electron chi connectivity index (χ3n) is 6.34. The van der Waals surface area contributed by atoms with Crippen molar-refractivity contribution in [3.05, 3.63) is 94.6 Å². The van der Waals surface area contributed by atoms with Crippen molar-refractivity contribution in [2.24, 2.45) is 0 Å². The summed E-state index contributed by atoms with van der Waals surface area (Å²) in [5.41, 5.74) is 2.44. The van der Waals surface area contributed by atoms with E-state index in [0.29, 0.717) is 29.0 Å². The molecule has 0 spiro atoms. The molecule has 8 nitrogen and oxygen atoms in total. The molecule has 184 valence electrons. The molecule has 1 atom stereocenters. The average Bonchev–Trinajstić information content (AvgIpc) is 3.18. The predicted molar refractivity (Wildman–Crippen MR) is 134 cm³/mol. The van der Waals surface area contributed by atoms with Crippen molar-refractivity contribution in [3.63, 3.8) is 0 Å². The van der Waals surface area contributed by atoms with Crippen molar-refractivity contribution < 1.29 is 29.0 Å². The van der Waals surface area contributed by atoms with Gasteiger partial charge in [0, 0.05) is 18.2 Å². The van der Waals surface area contributed by atoms with Gasteiger partial charge in [0.2, 0.25) is 0 Å². The second-order valence-electron chi connectivity index (χ2n) is 8.77. The first kappa shape index (κ1) is 23.8. The van der Waals surface area contributed by atoms with Crippen LogP contribution in [0.5, 0.6) is 11.5 Å². The van der Waals surface area contributed by atoms with Crippen molar-refractivity contribution in [3.8, 4) is 17.6 Å². The minimum Gasteiger partial charge on any atom is -0.507 e.